The Morgan fingerprint density at radius 3 is 2.89 bits per heavy atom. The number of phenols is 1. The van der Waals surface area contributed by atoms with E-state index in [4.69, 9.17) is 9.84 Å². The maximum absolute atomic E-state index is 12.9. The minimum Gasteiger partial charge on any atom is -0.507 e. The lowest BCUT2D eigenvalue weighted by molar-refractivity contribution is -0.0859. The van der Waals surface area contributed by atoms with Gasteiger partial charge in [0, 0.05) is 19.2 Å². The van der Waals surface area contributed by atoms with Crippen molar-refractivity contribution in [2.45, 2.75) is 19.1 Å². The first-order valence-electron chi connectivity index (χ1n) is 6.05. The number of carbonyl (C=O) groups is 1. The quantitative estimate of drug-likeness (QED) is 0.831. The van der Waals surface area contributed by atoms with Gasteiger partial charge in [0.2, 0.25) is 0 Å². The summed E-state index contributed by atoms with van der Waals surface area (Å²) in [6, 6.07) is 3.28. The first-order valence-corrected chi connectivity index (χ1v) is 6.05. The summed E-state index contributed by atoms with van der Waals surface area (Å²) in [6.07, 6.45) is -0.632. The Kier molecular flexibility index (Phi) is 4.01. The maximum atomic E-state index is 12.9. The van der Waals surface area contributed by atoms with Gasteiger partial charge in [-0.3, -0.25) is 4.79 Å². The molecule has 104 valence electrons. The van der Waals surface area contributed by atoms with Crippen LogP contribution >= 0.6 is 0 Å². The van der Waals surface area contributed by atoms with E-state index in [0.717, 1.165) is 12.1 Å². The molecule has 19 heavy (non-hydrogen) atoms. The van der Waals surface area contributed by atoms with Gasteiger partial charge in [0.15, 0.2) is 0 Å². The van der Waals surface area contributed by atoms with Crippen LogP contribution in [0, 0.1) is 5.82 Å². The van der Waals surface area contributed by atoms with Gasteiger partial charge in [0.05, 0.1) is 24.4 Å². The molecule has 1 aromatic rings. The minimum atomic E-state index is -0.599. The molecule has 2 unspecified atom stereocenters. The largest absolute Gasteiger partial charge is 0.507 e. The number of morpholine rings is 1. The average Bonchev–Trinajstić information content (AvgIpc) is 2.37. The van der Waals surface area contributed by atoms with Crippen molar-refractivity contribution in [1.29, 1.82) is 0 Å². The van der Waals surface area contributed by atoms with E-state index in [-0.39, 0.29) is 30.6 Å². The van der Waals surface area contributed by atoms with Gasteiger partial charge in [-0.15, -0.1) is 0 Å². The number of amides is 1. The molecule has 0 saturated carbocycles. The number of aromatic hydroxyl groups is 1. The van der Waals surface area contributed by atoms with E-state index in [1.165, 1.54) is 11.0 Å². The number of aliphatic hydroxyl groups is 1. The van der Waals surface area contributed by atoms with Crippen molar-refractivity contribution in [1.82, 2.24) is 4.90 Å². The zero-order chi connectivity index (χ0) is 14.0. The van der Waals surface area contributed by atoms with Gasteiger partial charge in [-0.25, -0.2) is 4.39 Å². The molecular weight excluding hydrogens is 253 g/mol. The van der Waals surface area contributed by atoms with Crippen molar-refractivity contribution in [3.63, 3.8) is 0 Å². The van der Waals surface area contributed by atoms with E-state index in [9.17, 15) is 14.3 Å². The van der Waals surface area contributed by atoms with Crippen LogP contribution in [0.5, 0.6) is 5.75 Å². The summed E-state index contributed by atoms with van der Waals surface area (Å²) >= 11 is 0. The number of halogens is 1. The van der Waals surface area contributed by atoms with E-state index >= 15 is 0 Å². The van der Waals surface area contributed by atoms with E-state index in [2.05, 4.69) is 0 Å². The second-order valence-corrected chi connectivity index (χ2v) is 4.62. The number of rotatable bonds is 2. The highest BCUT2D eigenvalue weighted by molar-refractivity contribution is 5.96. The van der Waals surface area contributed by atoms with Crippen molar-refractivity contribution in [2.24, 2.45) is 0 Å². The van der Waals surface area contributed by atoms with Crippen molar-refractivity contribution >= 4 is 5.91 Å². The van der Waals surface area contributed by atoms with Crippen LogP contribution in [-0.2, 0) is 4.74 Å². The SMILES string of the molecule is CC1CN(C(=O)c2ccc(F)cc2O)CC(CO)O1. The fraction of sp³-hybridized carbons (Fsp3) is 0.462. The van der Waals surface area contributed by atoms with Crippen LogP contribution in [0.25, 0.3) is 0 Å². The van der Waals surface area contributed by atoms with Gasteiger partial charge in [-0.2, -0.15) is 0 Å². The van der Waals surface area contributed by atoms with E-state index in [0.29, 0.717) is 6.54 Å². The Bertz CT molecular complexity index is 480. The molecule has 2 atom stereocenters. The molecule has 1 aliphatic heterocycles. The van der Waals surface area contributed by atoms with E-state index in [1.807, 2.05) is 0 Å². The highest BCUT2D eigenvalue weighted by Crippen LogP contribution is 2.22. The topological polar surface area (TPSA) is 70.0 Å². The Morgan fingerprint density at radius 2 is 2.26 bits per heavy atom. The molecule has 1 amide bonds. The molecule has 2 N–H and O–H groups in total. The lowest BCUT2D eigenvalue weighted by Gasteiger charge is -2.36. The molecular formula is C13H16FNO4. The van der Waals surface area contributed by atoms with Crippen LogP contribution in [0.1, 0.15) is 17.3 Å². The summed E-state index contributed by atoms with van der Waals surface area (Å²) in [7, 11) is 0. The number of aliphatic hydroxyl groups excluding tert-OH is 1. The first kappa shape index (κ1) is 13.8. The summed E-state index contributed by atoms with van der Waals surface area (Å²) in [5.41, 5.74) is 0.0483. The molecule has 1 heterocycles. The van der Waals surface area contributed by atoms with Crippen molar-refractivity contribution in [2.75, 3.05) is 19.7 Å². The standard InChI is InChI=1S/C13H16FNO4/c1-8-5-15(6-10(7-16)19-8)13(18)11-3-2-9(14)4-12(11)17/h2-4,8,10,16-17H,5-7H2,1H3. The Labute approximate surface area is 110 Å². The predicted octanol–water partition coefficient (Wildman–Crippen LogP) is 0.753. The molecule has 1 aromatic carbocycles. The number of hydrogen-bond acceptors (Lipinski definition) is 4. The fourth-order valence-electron chi connectivity index (χ4n) is 2.17. The molecule has 5 nitrogen and oxygen atoms in total. The molecule has 6 heteroatoms. The van der Waals surface area contributed by atoms with Gasteiger partial charge in [-0.1, -0.05) is 0 Å². The number of phenolic OH excluding ortho intramolecular Hbond substituents is 1. The van der Waals surface area contributed by atoms with Crippen molar-refractivity contribution < 1.29 is 24.1 Å². The molecule has 0 aliphatic carbocycles. The third-order valence-corrected chi connectivity index (χ3v) is 3.01. The third-order valence-electron chi connectivity index (χ3n) is 3.01. The summed E-state index contributed by atoms with van der Waals surface area (Å²) in [6.45, 7) is 2.23. The summed E-state index contributed by atoms with van der Waals surface area (Å²) in [5.74, 6) is -1.38. The molecule has 2 rings (SSSR count). The van der Waals surface area contributed by atoms with Crippen LogP contribution < -0.4 is 0 Å². The van der Waals surface area contributed by atoms with Gasteiger partial charge in [-0.05, 0) is 19.1 Å². The average molecular weight is 269 g/mol. The van der Waals surface area contributed by atoms with E-state index < -0.39 is 17.8 Å². The molecule has 0 aromatic heterocycles. The lowest BCUT2D eigenvalue weighted by atomic mass is 10.1. The second-order valence-electron chi connectivity index (χ2n) is 4.62. The predicted molar refractivity (Wildman–Crippen MR) is 65.4 cm³/mol. The van der Waals surface area contributed by atoms with Gasteiger partial charge in [0.1, 0.15) is 11.6 Å². The molecule has 0 radical (unpaired) electrons. The number of carbonyl (C=O) groups excluding carboxylic acids is 1. The zero-order valence-electron chi connectivity index (χ0n) is 10.5. The zero-order valence-corrected chi connectivity index (χ0v) is 10.5. The Morgan fingerprint density at radius 1 is 1.53 bits per heavy atom. The molecule has 1 fully saturated rings. The van der Waals surface area contributed by atoms with Crippen molar-refractivity contribution in [3.8, 4) is 5.75 Å². The van der Waals surface area contributed by atoms with Crippen LogP contribution in [0.4, 0.5) is 4.39 Å². The molecule has 0 spiro atoms. The van der Waals surface area contributed by atoms with Crippen LogP contribution in [-0.4, -0.2) is 52.9 Å². The Hall–Kier alpha value is -1.66. The van der Waals surface area contributed by atoms with Crippen LogP contribution in [0.15, 0.2) is 18.2 Å². The van der Waals surface area contributed by atoms with E-state index in [1.54, 1.807) is 6.92 Å². The number of ether oxygens (including phenoxy) is 1. The Balaban J connectivity index is 2.18. The monoisotopic (exact) mass is 269 g/mol. The summed E-state index contributed by atoms with van der Waals surface area (Å²) in [5, 5.41) is 18.7. The lowest BCUT2D eigenvalue weighted by Crippen LogP contribution is -2.50. The van der Waals surface area contributed by atoms with Gasteiger partial charge in [0.25, 0.3) is 5.91 Å². The smallest absolute Gasteiger partial charge is 0.257 e. The molecule has 0 bridgehead atoms. The van der Waals surface area contributed by atoms with Crippen LogP contribution in [0.2, 0.25) is 0 Å². The van der Waals surface area contributed by atoms with Gasteiger partial charge < -0.3 is 19.8 Å². The second kappa shape index (κ2) is 5.54. The highest BCUT2D eigenvalue weighted by atomic mass is 19.1. The molecule has 1 aliphatic rings. The van der Waals surface area contributed by atoms with Crippen molar-refractivity contribution in [3.05, 3.63) is 29.6 Å². The fourth-order valence-corrected chi connectivity index (χ4v) is 2.17. The van der Waals surface area contributed by atoms with Gasteiger partial charge >= 0.3 is 0 Å². The maximum Gasteiger partial charge on any atom is 0.257 e. The van der Waals surface area contributed by atoms with Crippen LogP contribution in [0.3, 0.4) is 0 Å². The number of benzene rings is 1. The number of hydrogen-bond donors (Lipinski definition) is 2. The third kappa shape index (κ3) is 3.02. The summed E-state index contributed by atoms with van der Waals surface area (Å²) < 4.78 is 18.3. The minimum absolute atomic E-state index is 0.0483. The highest BCUT2D eigenvalue weighted by Gasteiger charge is 2.29. The summed E-state index contributed by atoms with van der Waals surface area (Å²) in [4.78, 5) is 13.7. The normalized spacial score (nSPS) is 23.4. The first-order chi connectivity index (χ1) is 9.01. The molecule has 1 saturated heterocycles. The number of nitrogens with zero attached hydrogens (tertiary/aromatic N) is 1.